The van der Waals surface area contributed by atoms with Gasteiger partial charge in [-0.2, -0.15) is 0 Å². The molecular formula is C19H17N3O2S. The van der Waals surface area contributed by atoms with E-state index < -0.39 is 0 Å². The molecule has 0 spiro atoms. The van der Waals surface area contributed by atoms with Gasteiger partial charge in [-0.1, -0.05) is 30.3 Å². The van der Waals surface area contributed by atoms with Crippen LogP contribution in [-0.2, 0) is 0 Å². The lowest BCUT2D eigenvalue weighted by atomic mass is 10.2. The number of hydrogen-bond donors (Lipinski definition) is 2. The number of carbonyl (C=O) groups excluding carboxylic acids is 2. The number of anilines is 2. The third kappa shape index (κ3) is 4.24. The molecule has 0 aliphatic rings. The van der Waals surface area contributed by atoms with E-state index in [9.17, 15) is 9.59 Å². The Morgan fingerprint density at radius 3 is 2.44 bits per heavy atom. The molecule has 3 aromatic rings. The molecule has 0 aliphatic carbocycles. The van der Waals surface area contributed by atoms with Gasteiger partial charge in [0.2, 0.25) is 0 Å². The lowest BCUT2D eigenvalue weighted by molar-refractivity contribution is 0.0950. The molecule has 0 unspecified atom stereocenters. The fourth-order valence-electron chi connectivity index (χ4n) is 2.27. The minimum atomic E-state index is -0.251. The van der Waals surface area contributed by atoms with Gasteiger partial charge < -0.3 is 5.32 Å². The molecule has 0 atom stereocenters. The fraction of sp³-hybridized carbons (Fsp3) is 0.0526. The van der Waals surface area contributed by atoms with Crippen molar-refractivity contribution < 1.29 is 9.59 Å². The molecular weight excluding hydrogens is 334 g/mol. The maximum atomic E-state index is 12.4. The summed E-state index contributed by atoms with van der Waals surface area (Å²) in [4.78, 5) is 25.2. The summed E-state index contributed by atoms with van der Waals surface area (Å²) in [6, 6.07) is 19.9. The summed E-state index contributed by atoms with van der Waals surface area (Å²) in [5.41, 5.74) is 4.72. The lowest BCUT2D eigenvalue weighted by Gasteiger charge is -2.20. The van der Waals surface area contributed by atoms with E-state index in [1.54, 1.807) is 42.4 Å². The average molecular weight is 351 g/mol. The van der Waals surface area contributed by atoms with E-state index in [1.807, 2.05) is 41.8 Å². The molecule has 0 saturated heterocycles. The van der Waals surface area contributed by atoms with Crippen LogP contribution in [0.25, 0.3) is 0 Å². The molecule has 3 rings (SSSR count). The van der Waals surface area contributed by atoms with Gasteiger partial charge in [-0.15, -0.1) is 11.3 Å². The summed E-state index contributed by atoms with van der Waals surface area (Å²) in [5.74, 6) is -0.437. The van der Waals surface area contributed by atoms with Gasteiger partial charge in [-0.05, 0) is 41.8 Å². The zero-order valence-electron chi connectivity index (χ0n) is 13.6. The number of rotatable bonds is 5. The molecule has 2 N–H and O–H groups in total. The first-order chi connectivity index (χ1) is 12.1. The van der Waals surface area contributed by atoms with Crippen molar-refractivity contribution in [2.75, 3.05) is 17.4 Å². The number of hydrazine groups is 1. The summed E-state index contributed by atoms with van der Waals surface area (Å²) in [7, 11) is 1.77. The Morgan fingerprint density at radius 1 is 0.920 bits per heavy atom. The highest BCUT2D eigenvalue weighted by atomic mass is 32.1. The molecule has 6 heteroatoms. The highest BCUT2D eigenvalue weighted by Gasteiger charge is 2.11. The lowest BCUT2D eigenvalue weighted by Crippen LogP contribution is -2.39. The van der Waals surface area contributed by atoms with Crippen molar-refractivity contribution in [1.82, 2.24) is 5.43 Å². The van der Waals surface area contributed by atoms with Gasteiger partial charge in [0.25, 0.3) is 11.8 Å². The van der Waals surface area contributed by atoms with Crippen LogP contribution in [0.4, 0.5) is 11.4 Å². The predicted octanol–water partition coefficient (Wildman–Crippen LogP) is 3.78. The Kier molecular flexibility index (Phi) is 5.11. The van der Waals surface area contributed by atoms with Crippen LogP contribution in [0, 0.1) is 0 Å². The average Bonchev–Trinajstić information content (AvgIpc) is 3.17. The van der Waals surface area contributed by atoms with Crippen molar-refractivity contribution >= 4 is 34.5 Å². The van der Waals surface area contributed by atoms with E-state index in [1.165, 1.54) is 11.3 Å². The molecule has 0 bridgehead atoms. The Labute approximate surface area is 149 Å². The van der Waals surface area contributed by atoms with Crippen LogP contribution in [0.1, 0.15) is 20.0 Å². The summed E-state index contributed by atoms with van der Waals surface area (Å²) >= 11 is 1.37. The smallest absolute Gasteiger partial charge is 0.269 e. The van der Waals surface area contributed by atoms with Gasteiger partial charge in [-0.25, -0.2) is 0 Å². The van der Waals surface area contributed by atoms with E-state index >= 15 is 0 Å². The third-order valence-electron chi connectivity index (χ3n) is 3.54. The van der Waals surface area contributed by atoms with E-state index in [2.05, 4.69) is 10.7 Å². The van der Waals surface area contributed by atoms with Crippen LogP contribution >= 0.6 is 11.3 Å². The second-order valence-electron chi connectivity index (χ2n) is 5.35. The van der Waals surface area contributed by atoms with Crippen molar-refractivity contribution in [3.8, 4) is 0 Å². The molecule has 2 amide bonds. The second-order valence-corrected chi connectivity index (χ2v) is 6.30. The van der Waals surface area contributed by atoms with Gasteiger partial charge in [0.1, 0.15) is 0 Å². The summed E-state index contributed by atoms with van der Waals surface area (Å²) < 4.78 is 0. The van der Waals surface area contributed by atoms with Crippen LogP contribution in [0.2, 0.25) is 0 Å². The Morgan fingerprint density at radius 2 is 1.72 bits per heavy atom. The van der Waals surface area contributed by atoms with Crippen molar-refractivity contribution in [1.29, 1.82) is 0 Å². The van der Waals surface area contributed by atoms with Gasteiger partial charge in [0.15, 0.2) is 0 Å². The second kappa shape index (κ2) is 7.63. The molecule has 0 saturated carbocycles. The standard InChI is InChI=1S/C19H17N3O2S/c1-22(16-9-3-2-4-10-16)21-18(23)14-7-5-8-15(13-14)20-19(24)17-11-6-12-25-17/h2-13H,1H3,(H,20,24)(H,21,23). The van der Waals surface area contributed by atoms with E-state index in [-0.39, 0.29) is 11.8 Å². The first-order valence-corrected chi connectivity index (χ1v) is 8.56. The monoisotopic (exact) mass is 351 g/mol. The number of para-hydroxylation sites is 1. The topological polar surface area (TPSA) is 61.4 Å². The van der Waals surface area contributed by atoms with Crippen LogP contribution in [0.5, 0.6) is 0 Å². The van der Waals surface area contributed by atoms with E-state index in [0.29, 0.717) is 16.1 Å². The summed E-state index contributed by atoms with van der Waals surface area (Å²) in [6.07, 6.45) is 0. The third-order valence-corrected chi connectivity index (χ3v) is 4.41. The molecule has 5 nitrogen and oxygen atoms in total. The maximum absolute atomic E-state index is 12.4. The molecule has 0 aliphatic heterocycles. The van der Waals surface area contributed by atoms with Gasteiger partial charge in [0, 0.05) is 18.3 Å². The maximum Gasteiger partial charge on any atom is 0.269 e. The fourth-order valence-corrected chi connectivity index (χ4v) is 2.89. The van der Waals surface area contributed by atoms with E-state index in [0.717, 1.165) is 5.69 Å². The number of nitrogens with zero attached hydrogens (tertiary/aromatic N) is 1. The SMILES string of the molecule is CN(NC(=O)c1cccc(NC(=O)c2cccs2)c1)c1ccccc1. The highest BCUT2D eigenvalue weighted by molar-refractivity contribution is 7.12. The number of amides is 2. The van der Waals surface area contributed by atoms with Gasteiger partial charge in [-0.3, -0.25) is 20.0 Å². The number of thiophene rings is 1. The molecule has 0 radical (unpaired) electrons. The quantitative estimate of drug-likeness (QED) is 0.688. The number of carbonyl (C=O) groups is 2. The largest absolute Gasteiger partial charge is 0.321 e. The summed E-state index contributed by atoms with van der Waals surface area (Å²) in [6.45, 7) is 0. The first-order valence-electron chi connectivity index (χ1n) is 7.68. The van der Waals surface area contributed by atoms with Crippen molar-refractivity contribution in [3.05, 3.63) is 82.6 Å². The molecule has 1 aromatic heterocycles. The number of benzene rings is 2. The van der Waals surface area contributed by atoms with Gasteiger partial charge in [0.05, 0.1) is 10.6 Å². The number of hydrogen-bond acceptors (Lipinski definition) is 4. The van der Waals surface area contributed by atoms with Crippen LogP contribution in [0.15, 0.2) is 72.1 Å². The Balaban J connectivity index is 1.68. The van der Waals surface area contributed by atoms with Gasteiger partial charge >= 0.3 is 0 Å². The zero-order valence-corrected chi connectivity index (χ0v) is 14.4. The minimum absolute atomic E-state index is 0.186. The zero-order chi connectivity index (χ0) is 17.6. The number of nitrogens with one attached hydrogen (secondary N) is 2. The first kappa shape index (κ1) is 16.7. The van der Waals surface area contributed by atoms with Crippen molar-refractivity contribution in [2.24, 2.45) is 0 Å². The Bertz CT molecular complexity index is 863. The van der Waals surface area contributed by atoms with E-state index in [4.69, 9.17) is 0 Å². The summed E-state index contributed by atoms with van der Waals surface area (Å²) in [5, 5.41) is 6.30. The normalized spacial score (nSPS) is 10.1. The molecule has 126 valence electrons. The predicted molar refractivity (Wildman–Crippen MR) is 101 cm³/mol. The Hall–Kier alpha value is -3.12. The van der Waals surface area contributed by atoms with Crippen LogP contribution < -0.4 is 15.8 Å². The minimum Gasteiger partial charge on any atom is -0.321 e. The molecule has 2 aromatic carbocycles. The molecule has 0 fully saturated rings. The van der Waals surface area contributed by atoms with Crippen LogP contribution in [0.3, 0.4) is 0 Å². The highest BCUT2D eigenvalue weighted by Crippen LogP contribution is 2.15. The van der Waals surface area contributed by atoms with Crippen molar-refractivity contribution in [3.63, 3.8) is 0 Å². The molecule has 1 heterocycles. The van der Waals surface area contributed by atoms with Crippen molar-refractivity contribution in [2.45, 2.75) is 0 Å². The van der Waals surface area contributed by atoms with Crippen LogP contribution in [-0.4, -0.2) is 18.9 Å². The molecule has 25 heavy (non-hydrogen) atoms.